The van der Waals surface area contributed by atoms with Crippen LogP contribution in [0.2, 0.25) is 0 Å². The number of hydrogen-bond donors (Lipinski definition) is 0. The van der Waals surface area contributed by atoms with E-state index in [1.54, 1.807) is 35.9 Å². The van der Waals surface area contributed by atoms with Crippen LogP contribution in [0.15, 0.2) is 89.9 Å². The van der Waals surface area contributed by atoms with Crippen LogP contribution in [0.5, 0.6) is 5.75 Å². The Labute approximate surface area is 197 Å². The average molecular weight is 461 g/mol. The van der Waals surface area contributed by atoms with E-state index in [-0.39, 0.29) is 11.7 Å². The second-order valence-electron chi connectivity index (χ2n) is 7.79. The third-order valence-corrected chi connectivity index (χ3v) is 5.99. The van der Waals surface area contributed by atoms with Gasteiger partial charge in [-0.1, -0.05) is 24.3 Å². The van der Waals surface area contributed by atoms with E-state index in [9.17, 15) is 9.18 Å². The lowest BCUT2D eigenvalue weighted by molar-refractivity contribution is -0.131. The summed E-state index contributed by atoms with van der Waals surface area (Å²) >= 11 is 1.60. The minimum atomic E-state index is -0.239. The summed E-state index contributed by atoms with van der Waals surface area (Å²) in [5.41, 5.74) is 4.09. The van der Waals surface area contributed by atoms with Crippen molar-refractivity contribution in [2.75, 3.05) is 6.61 Å². The van der Waals surface area contributed by atoms with Crippen molar-refractivity contribution in [2.45, 2.75) is 25.9 Å². The van der Waals surface area contributed by atoms with Crippen molar-refractivity contribution >= 4 is 17.2 Å². The van der Waals surface area contributed by atoms with E-state index in [2.05, 4.69) is 4.98 Å². The predicted molar refractivity (Wildman–Crippen MR) is 129 cm³/mol. The zero-order valence-electron chi connectivity index (χ0n) is 18.2. The highest BCUT2D eigenvalue weighted by Gasteiger charge is 2.16. The molecule has 0 saturated heterocycles. The van der Waals surface area contributed by atoms with Gasteiger partial charge in [-0.15, -0.1) is 0 Å². The van der Waals surface area contributed by atoms with E-state index in [4.69, 9.17) is 4.74 Å². The third-order valence-electron chi connectivity index (χ3n) is 5.26. The topological polar surface area (TPSA) is 42.4 Å². The maximum atomic E-state index is 13.1. The van der Waals surface area contributed by atoms with Crippen LogP contribution in [-0.2, 0) is 30.7 Å². The minimum Gasteiger partial charge on any atom is -0.493 e. The quantitative estimate of drug-likeness (QED) is 0.306. The molecule has 0 saturated carbocycles. The molecule has 0 radical (unpaired) electrons. The molecular formula is C27H25FN2O2S. The Morgan fingerprint density at radius 3 is 2.45 bits per heavy atom. The Hall–Kier alpha value is -3.51. The van der Waals surface area contributed by atoms with Gasteiger partial charge in [0.25, 0.3) is 0 Å². The van der Waals surface area contributed by atoms with Gasteiger partial charge in [0.1, 0.15) is 11.6 Å². The van der Waals surface area contributed by atoms with Crippen molar-refractivity contribution in [3.63, 3.8) is 0 Å². The lowest BCUT2D eigenvalue weighted by atomic mass is 10.1. The van der Waals surface area contributed by atoms with Gasteiger partial charge in [-0.2, -0.15) is 11.3 Å². The van der Waals surface area contributed by atoms with E-state index >= 15 is 0 Å². The fourth-order valence-corrected chi connectivity index (χ4v) is 4.18. The Bertz CT molecular complexity index is 1150. The first kappa shape index (κ1) is 22.7. The molecule has 2 heterocycles. The van der Waals surface area contributed by atoms with Crippen LogP contribution in [-0.4, -0.2) is 22.4 Å². The molecule has 0 fully saturated rings. The van der Waals surface area contributed by atoms with Crippen LogP contribution in [0, 0.1) is 5.82 Å². The maximum absolute atomic E-state index is 13.1. The van der Waals surface area contributed by atoms with Gasteiger partial charge in [0.15, 0.2) is 0 Å². The zero-order chi connectivity index (χ0) is 22.9. The second-order valence-corrected chi connectivity index (χ2v) is 8.57. The summed E-state index contributed by atoms with van der Waals surface area (Å²) in [7, 11) is 0. The van der Waals surface area contributed by atoms with Gasteiger partial charge in [-0.05, 0) is 75.5 Å². The van der Waals surface area contributed by atoms with E-state index in [1.165, 1.54) is 12.1 Å². The number of aromatic nitrogens is 1. The number of nitrogens with zero attached hydrogens (tertiary/aromatic N) is 2. The Balaban J connectivity index is 1.41. The van der Waals surface area contributed by atoms with Gasteiger partial charge in [-0.3, -0.25) is 9.78 Å². The van der Waals surface area contributed by atoms with E-state index in [1.807, 2.05) is 58.1 Å². The number of amides is 1. The predicted octanol–water partition coefficient (Wildman–Crippen LogP) is 5.68. The number of thiophene rings is 1. The summed E-state index contributed by atoms with van der Waals surface area (Å²) in [5, 5.41) is 4.00. The fourth-order valence-electron chi connectivity index (χ4n) is 3.51. The van der Waals surface area contributed by atoms with Crippen molar-refractivity contribution < 1.29 is 13.9 Å². The molecule has 0 unspecified atom stereocenters. The molecule has 4 rings (SSSR count). The number of pyridine rings is 1. The number of ether oxygens (including phenoxy) is 1. The lowest BCUT2D eigenvalue weighted by Gasteiger charge is -2.23. The average Bonchev–Trinajstić information content (AvgIpc) is 3.34. The molecular weight excluding hydrogens is 435 g/mol. The molecule has 6 heteroatoms. The first-order valence-electron chi connectivity index (χ1n) is 10.8. The van der Waals surface area contributed by atoms with Crippen molar-refractivity contribution in [3.8, 4) is 5.75 Å². The molecule has 33 heavy (non-hydrogen) atoms. The summed E-state index contributed by atoms with van der Waals surface area (Å²) in [5.74, 6) is 0.592. The smallest absolute Gasteiger partial charge is 0.227 e. The van der Waals surface area contributed by atoms with Gasteiger partial charge in [-0.25, -0.2) is 4.39 Å². The van der Waals surface area contributed by atoms with Crippen molar-refractivity contribution in [1.29, 1.82) is 0 Å². The van der Waals surface area contributed by atoms with Crippen LogP contribution < -0.4 is 4.74 Å². The molecule has 0 bridgehead atoms. The lowest BCUT2D eigenvalue weighted by Crippen LogP contribution is -2.31. The molecule has 2 aromatic carbocycles. The summed E-state index contributed by atoms with van der Waals surface area (Å²) in [6, 6.07) is 20.1. The van der Waals surface area contributed by atoms with E-state index in [0.717, 1.165) is 28.0 Å². The summed E-state index contributed by atoms with van der Waals surface area (Å²) < 4.78 is 19.0. The molecule has 2 aromatic heterocycles. The molecule has 0 aliphatic rings. The molecule has 0 spiro atoms. The summed E-state index contributed by atoms with van der Waals surface area (Å²) in [6.45, 7) is 1.49. The van der Waals surface area contributed by atoms with Gasteiger partial charge >= 0.3 is 0 Å². The van der Waals surface area contributed by atoms with E-state index in [0.29, 0.717) is 32.5 Å². The summed E-state index contributed by atoms with van der Waals surface area (Å²) in [4.78, 5) is 19.1. The van der Waals surface area contributed by atoms with Crippen molar-refractivity contribution in [3.05, 3.63) is 118 Å². The van der Waals surface area contributed by atoms with Gasteiger partial charge in [0.2, 0.25) is 5.91 Å². The van der Waals surface area contributed by atoms with Crippen LogP contribution in [0.1, 0.15) is 22.3 Å². The Morgan fingerprint density at radius 1 is 0.909 bits per heavy atom. The number of hydrogen-bond acceptors (Lipinski definition) is 4. The highest BCUT2D eigenvalue weighted by atomic mass is 32.1. The standard InChI is InChI=1S/C27H25FN2O2S/c28-25-6-4-21(5-7-25)10-14-32-26-3-1-2-23(16-26)19-30(18-22-8-12-29-13-9-22)27(31)17-24-11-15-33-20-24/h1-9,11-13,15-16,20H,10,14,17-19H2. The molecule has 0 atom stereocenters. The normalized spacial score (nSPS) is 10.7. The molecule has 0 N–H and O–H groups in total. The molecule has 0 aliphatic heterocycles. The van der Waals surface area contributed by atoms with Gasteiger partial charge in [0, 0.05) is 31.9 Å². The van der Waals surface area contributed by atoms with Crippen LogP contribution >= 0.6 is 11.3 Å². The molecule has 1 amide bonds. The molecule has 0 aliphatic carbocycles. The number of rotatable bonds is 10. The number of carbonyl (C=O) groups excluding carboxylic acids is 1. The van der Waals surface area contributed by atoms with Crippen LogP contribution in [0.4, 0.5) is 4.39 Å². The Morgan fingerprint density at radius 2 is 1.70 bits per heavy atom. The monoisotopic (exact) mass is 460 g/mol. The Kier molecular flexibility index (Phi) is 7.82. The number of benzene rings is 2. The molecule has 4 nitrogen and oxygen atoms in total. The zero-order valence-corrected chi connectivity index (χ0v) is 19.0. The maximum Gasteiger partial charge on any atom is 0.227 e. The first-order valence-corrected chi connectivity index (χ1v) is 11.7. The fraction of sp³-hybridized carbons (Fsp3) is 0.185. The number of carbonyl (C=O) groups is 1. The minimum absolute atomic E-state index is 0.0767. The van der Waals surface area contributed by atoms with Crippen molar-refractivity contribution in [1.82, 2.24) is 9.88 Å². The van der Waals surface area contributed by atoms with Crippen LogP contribution in [0.3, 0.4) is 0 Å². The van der Waals surface area contributed by atoms with Gasteiger partial charge < -0.3 is 9.64 Å². The third kappa shape index (κ3) is 6.99. The highest BCUT2D eigenvalue weighted by molar-refractivity contribution is 7.08. The first-order chi connectivity index (χ1) is 16.2. The largest absolute Gasteiger partial charge is 0.493 e. The SMILES string of the molecule is O=C(Cc1ccsc1)N(Cc1ccncc1)Cc1cccc(OCCc2ccc(F)cc2)c1. The van der Waals surface area contributed by atoms with Crippen molar-refractivity contribution in [2.24, 2.45) is 0 Å². The number of halogens is 1. The highest BCUT2D eigenvalue weighted by Crippen LogP contribution is 2.18. The van der Waals surface area contributed by atoms with E-state index < -0.39 is 0 Å². The summed E-state index contributed by atoms with van der Waals surface area (Å²) in [6.07, 6.45) is 4.55. The van der Waals surface area contributed by atoms with Crippen LogP contribution in [0.25, 0.3) is 0 Å². The molecule has 168 valence electrons. The van der Waals surface area contributed by atoms with Gasteiger partial charge in [0.05, 0.1) is 13.0 Å². The second kappa shape index (κ2) is 11.4. The molecule has 4 aromatic rings.